The second kappa shape index (κ2) is 12.8. The number of carbonyl (C=O) groups is 2. The zero-order valence-corrected chi connectivity index (χ0v) is 23.2. The van der Waals surface area contributed by atoms with Crippen LogP contribution in [-0.4, -0.2) is 11.9 Å². The van der Waals surface area contributed by atoms with Crippen molar-refractivity contribution in [3.8, 4) is 11.5 Å². The monoisotopic (exact) mass is 504 g/mol. The van der Waals surface area contributed by atoms with E-state index in [0.29, 0.717) is 11.5 Å². The summed E-state index contributed by atoms with van der Waals surface area (Å²) in [4.78, 5) is 27.0. The molecule has 2 aliphatic carbocycles. The normalized spacial score (nSPS) is 22.3. The molecule has 2 aromatic carbocycles. The number of aryl methyl sites for hydroxylation is 4. The van der Waals surface area contributed by atoms with Crippen LogP contribution < -0.4 is 9.47 Å². The molecule has 0 aliphatic heterocycles. The molecule has 200 valence electrons. The summed E-state index contributed by atoms with van der Waals surface area (Å²) in [5, 5.41) is 0. The number of fused-ring (bicyclic) bond motifs is 2. The van der Waals surface area contributed by atoms with Gasteiger partial charge < -0.3 is 9.47 Å². The highest BCUT2D eigenvalue weighted by molar-refractivity contribution is 5.86. The number of hydrogen-bond donors (Lipinski definition) is 0. The van der Waals surface area contributed by atoms with Crippen LogP contribution in [0.25, 0.3) is 0 Å². The molecular formula is C33H44O4. The number of rotatable bonds is 12. The lowest BCUT2D eigenvalue weighted by atomic mass is 9.79. The maximum absolute atomic E-state index is 13.5. The van der Waals surface area contributed by atoms with Crippen LogP contribution in [0.4, 0.5) is 0 Å². The molecule has 2 bridgehead atoms. The molecule has 0 N–H and O–H groups in total. The van der Waals surface area contributed by atoms with Crippen molar-refractivity contribution in [3.63, 3.8) is 0 Å². The average molecular weight is 505 g/mol. The largest absolute Gasteiger partial charge is 0.426 e. The van der Waals surface area contributed by atoms with Crippen molar-refractivity contribution in [2.45, 2.75) is 98.3 Å². The van der Waals surface area contributed by atoms with E-state index in [2.05, 4.69) is 39.8 Å². The third-order valence-corrected chi connectivity index (χ3v) is 8.33. The summed E-state index contributed by atoms with van der Waals surface area (Å²) in [6.45, 7) is 8.70. The van der Waals surface area contributed by atoms with Crippen LogP contribution in [0.15, 0.2) is 36.4 Å². The molecule has 4 unspecified atom stereocenters. The molecule has 4 heteroatoms. The highest BCUT2D eigenvalue weighted by Gasteiger charge is 2.55. The van der Waals surface area contributed by atoms with E-state index in [1.807, 2.05) is 24.3 Å². The molecule has 4 rings (SSSR count). The quantitative estimate of drug-likeness (QED) is 0.220. The van der Waals surface area contributed by atoms with Crippen molar-refractivity contribution in [2.75, 3.05) is 0 Å². The van der Waals surface area contributed by atoms with Crippen molar-refractivity contribution >= 4 is 11.9 Å². The van der Waals surface area contributed by atoms with Gasteiger partial charge in [0.1, 0.15) is 11.5 Å². The Morgan fingerprint density at radius 3 is 1.38 bits per heavy atom. The van der Waals surface area contributed by atoms with Crippen LogP contribution in [0.1, 0.15) is 94.9 Å². The van der Waals surface area contributed by atoms with Gasteiger partial charge in [0, 0.05) is 0 Å². The van der Waals surface area contributed by atoms with Crippen LogP contribution in [0.5, 0.6) is 11.5 Å². The minimum absolute atomic E-state index is 0.201. The van der Waals surface area contributed by atoms with E-state index >= 15 is 0 Å². The van der Waals surface area contributed by atoms with Crippen LogP contribution >= 0.6 is 0 Å². The Bertz CT molecular complexity index is 1000. The molecule has 0 spiro atoms. The van der Waals surface area contributed by atoms with Crippen LogP contribution in [0.2, 0.25) is 0 Å². The molecular weight excluding hydrogens is 460 g/mol. The molecule has 2 aliphatic rings. The first-order chi connectivity index (χ1) is 18.0. The van der Waals surface area contributed by atoms with Crippen molar-refractivity contribution in [2.24, 2.45) is 23.7 Å². The van der Waals surface area contributed by atoms with Gasteiger partial charge in [0.25, 0.3) is 0 Å². The van der Waals surface area contributed by atoms with Crippen LogP contribution in [0.3, 0.4) is 0 Å². The summed E-state index contributed by atoms with van der Waals surface area (Å²) in [6.07, 6.45) is 11.2. The molecule has 2 saturated carbocycles. The third-order valence-electron chi connectivity index (χ3n) is 8.33. The molecule has 0 amide bonds. The third kappa shape index (κ3) is 6.27. The van der Waals surface area contributed by atoms with E-state index < -0.39 is 11.8 Å². The molecule has 2 fully saturated rings. The summed E-state index contributed by atoms with van der Waals surface area (Å²) in [6, 6.07) is 12.1. The molecule has 0 heterocycles. The van der Waals surface area contributed by atoms with E-state index in [1.54, 1.807) is 0 Å². The Balaban J connectivity index is 1.50. The molecule has 0 radical (unpaired) electrons. The van der Waals surface area contributed by atoms with Gasteiger partial charge in [-0.25, -0.2) is 0 Å². The summed E-state index contributed by atoms with van der Waals surface area (Å²) in [5.41, 5.74) is 5.18. The topological polar surface area (TPSA) is 52.6 Å². The lowest BCUT2D eigenvalue weighted by Gasteiger charge is -2.28. The number of ether oxygens (including phenoxy) is 2. The Morgan fingerprint density at radius 1 is 0.622 bits per heavy atom. The van der Waals surface area contributed by atoms with Crippen molar-refractivity contribution in [1.82, 2.24) is 0 Å². The van der Waals surface area contributed by atoms with E-state index in [9.17, 15) is 9.59 Å². The molecule has 4 atom stereocenters. The van der Waals surface area contributed by atoms with Gasteiger partial charge in [-0.3, -0.25) is 9.59 Å². The fourth-order valence-electron chi connectivity index (χ4n) is 6.70. The summed E-state index contributed by atoms with van der Waals surface area (Å²) in [5.74, 6) is 0.197. The van der Waals surface area contributed by atoms with Crippen LogP contribution in [-0.2, 0) is 35.3 Å². The lowest BCUT2D eigenvalue weighted by Crippen LogP contribution is -2.39. The number of esters is 2. The Morgan fingerprint density at radius 2 is 1.00 bits per heavy atom. The minimum atomic E-state index is -0.425. The summed E-state index contributed by atoms with van der Waals surface area (Å²) in [7, 11) is 0. The van der Waals surface area contributed by atoms with Gasteiger partial charge in [0.2, 0.25) is 0 Å². The first kappa shape index (κ1) is 27.4. The Kier molecular flexibility index (Phi) is 9.45. The second-order valence-corrected chi connectivity index (χ2v) is 11.1. The number of carbonyl (C=O) groups excluding carboxylic acids is 2. The van der Waals surface area contributed by atoms with Gasteiger partial charge in [-0.15, -0.1) is 0 Å². The molecule has 0 saturated heterocycles. The molecule has 0 aromatic heterocycles. The van der Waals surface area contributed by atoms with Gasteiger partial charge in [-0.05, 0) is 103 Å². The fraction of sp³-hybridized carbons (Fsp3) is 0.576. The number of hydrogen-bond acceptors (Lipinski definition) is 4. The average Bonchev–Trinajstić information content (AvgIpc) is 3.50. The van der Waals surface area contributed by atoms with E-state index in [4.69, 9.17) is 9.47 Å². The van der Waals surface area contributed by atoms with Crippen molar-refractivity contribution < 1.29 is 19.1 Å². The van der Waals surface area contributed by atoms with E-state index in [0.717, 1.165) is 70.6 Å². The predicted molar refractivity (Wildman–Crippen MR) is 148 cm³/mol. The SMILES string of the molecule is CCCc1ccc(OC(=O)C2C3CCC(C3)C2C(=O)Oc2ccc(CCC)c(CCC)c2)cc1CCC. The predicted octanol–water partition coefficient (Wildman–Crippen LogP) is 7.67. The fourth-order valence-corrected chi connectivity index (χ4v) is 6.70. The molecule has 37 heavy (non-hydrogen) atoms. The highest BCUT2D eigenvalue weighted by atomic mass is 16.5. The van der Waals surface area contributed by atoms with E-state index in [1.165, 1.54) is 22.3 Å². The van der Waals surface area contributed by atoms with E-state index in [-0.39, 0.29) is 23.8 Å². The molecule has 2 aromatic rings. The summed E-state index contributed by atoms with van der Waals surface area (Å²) < 4.78 is 11.9. The first-order valence-electron chi connectivity index (χ1n) is 14.7. The number of benzene rings is 2. The highest BCUT2D eigenvalue weighted by Crippen LogP contribution is 2.53. The zero-order valence-electron chi connectivity index (χ0n) is 23.2. The van der Waals surface area contributed by atoms with Crippen molar-refractivity contribution in [1.29, 1.82) is 0 Å². The van der Waals surface area contributed by atoms with Gasteiger partial charge in [0.15, 0.2) is 0 Å². The Labute approximate surface area is 223 Å². The minimum Gasteiger partial charge on any atom is -0.426 e. The maximum Gasteiger partial charge on any atom is 0.315 e. The van der Waals surface area contributed by atoms with Crippen molar-refractivity contribution in [3.05, 3.63) is 58.7 Å². The first-order valence-corrected chi connectivity index (χ1v) is 14.7. The van der Waals surface area contributed by atoms with Gasteiger partial charge in [-0.1, -0.05) is 65.5 Å². The summed E-state index contributed by atoms with van der Waals surface area (Å²) >= 11 is 0. The Hall–Kier alpha value is -2.62. The second-order valence-electron chi connectivity index (χ2n) is 11.1. The smallest absolute Gasteiger partial charge is 0.315 e. The van der Waals surface area contributed by atoms with Gasteiger partial charge in [-0.2, -0.15) is 0 Å². The van der Waals surface area contributed by atoms with Crippen LogP contribution in [0, 0.1) is 23.7 Å². The molecule has 4 nitrogen and oxygen atoms in total. The standard InChI is InChI=1S/C33H44O4/c1-5-9-22-15-17-28(20-24(22)11-7-3)36-32(34)30-26-13-14-27(19-26)31(30)33(35)37-29-18-16-23(10-6-2)25(21-29)12-8-4/h15-18,20-21,26-27,30-31H,5-14,19H2,1-4H3. The maximum atomic E-state index is 13.5. The van der Waals surface area contributed by atoms with Gasteiger partial charge >= 0.3 is 11.9 Å². The zero-order chi connectivity index (χ0) is 26.4. The lowest BCUT2D eigenvalue weighted by molar-refractivity contribution is -0.152. The van der Waals surface area contributed by atoms with Gasteiger partial charge in [0.05, 0.1) is 11.8 Å².